The Labute approximate surface area is 106 Å². The zero-order chi connectivity index (χ0) is 11.2. The summed E-state index contributed by atoms with van der Waals surface area (Å²) in [7, 11) is 0. The summed E-state index contributed by atoms with van der Waals surface area (Å²) in [4.78, 5) is 0. The average molecular weight is 283 g/mol. The van der Waals surface area contributed by atoms with E-state index in [9.17, 15) is 0 Å². The zero-order valence-electron chi connectivity index (χ0n) is 9.51. The van der Waals surface area contributed by atoms with Crippen LogP contribution in [0.1, 0.15) is 25.7 Å². The van der Waals surface area contributed by atoms with E-state index in [4.69, 9.17) is 0 Å². The highest BCUT2D eigenvalue weighted by Gasteiger charge is 2.12. The monoisotopic (exact) mass is 282 g/mol. The highest BCUT2D eigenvalue weighted by atomic mass is 79.9. The molecule has 0 atom stereocenters. The number of hydrogen-bond donors (Lipinski definition) is 2. The fourth-order valence-corrected chi connectivity index (χ4v) is 2.61. The van der Waals surface area contributed by atoms with Crippen molar-refractivity contribution in [1.29, 1.82) is 0 Å². The van der Waals surface area contributed by atoms with Gasteiger partial charge in [-0.15, -0.1) is 0 Å². The molecular weight excluding hydrogens is 264 g/mol. The molecular formula is C13H19BrN2. The molecule has 1 aromatic carbocycles. The van der Waals surface area contributed by atoms with Gasteiger partial charge in [-0.1, -0.05) is 34.8 Å². The lowest BCUT2D eigenvalue weighted by molar-refractivity contribution is 0.536. The van der Waals surface area contributed by atoms with Crippen LogP contribution in [0.15, 0.2) is 28.7 Å². The van der Waals surface area contributed by atoms with E-state index in [1.54, 1.807) is 0 Å². The summed E-state index contributed by atoms with van der Waals surface area (Å²) in [5.74, 6) is 0. The van der Waals surface area contributed by atoms with Crippen molar-refractivity contribution in [2.75, 3.05) is 18.4 Å². The lowest BCUT2D eigenvalue weighted by Gasteiger charge is -2.12. The van der Waals surface area contributed by atoms with Gasteiger partial charge in [-0.3, -0.25) is 0 Å². The lowest BCUT2D eigenvalue weighted by atomic mass is 10.2. The Hall–Kier alpha value is -0.540. The molecule has 0 amide bonds. The van der Waals surface area contributed by atoms with E-state index in [-0.39, 0.29) is 0 Å². The van der Waals surface area contributed by atoms with E-state index in [0.717, 1.165) is 23.6 Å². The van der Waals surface area contributed by atoms with Crippen LogP contribution in [-0.4, -0.2) is 19.1 Å². The Morgan fingerprint density at radius 3 is 2.75 bits per heavy atom. The van der Waals surface area contributed by atoms with E-state index >= 15 is 0 Å². The minimum atomic E-state index is 0.768. The van der Waals surface area contributed by atoms with Gasteiger partial charge in [0, 0.05) is 29.3 Å². The maximum atomic E-state index is 3.59. The SMILES string of the molecule is Brc1cccc(NCCNC2CCCC2)c1. The molecule has 1 aliphatic rings. The topological polar surface area (TPSA) is 24.1 Å². The fourth-order valence-electron chi connectivity index (χ4n) is 2.21. The van der Waals surface area contributed by atoms with Crippen LogP contribution in [-0.2, 0) is 0 Å². The number of hydrogen-bond acceptors (Lipinski definition) is 2. The second-order valence-electron chi connectivity index (χ2n) is 4.37. The minimum Gasteiger partial charge on any atom is -0.384 e. The van der Waals surface area contributed by atoms with Crippen molar-refractivity contribution in [2.45, 2.75) is 31.7 Å². The Morgan fingerprint density at radius 1 is 1.19 bits per heavy atom. The number of nitrogens with one attached hydrogen (secondary N) is 2. The first-order chi connectivity index (χ1) is 7.84. The van der Waals surface area contributed by atoms with Crippen molar-refractivity contribution in [3.63, 3.8) is 0 Å². The van der Waals surface area contributed by atoms with Gasteiger partial charge in [0.1, 0.15) is 0 Å². The first-order valence-corrected chi connectivity index (χ1v) is 6.87. The fraction of sp³-hybridized carbons (Fsp3) is 0.538. The Kier molecular flexibility index (Phi) is 4.67. The Morgan fingerprint density at radius 2 is 2.00 bits per heavy atom. The molecule has 2 N–H and O–H groups in total. The van der Waals surface area contributed by atoms with Gasteiger partial charge < -0.3 is 10.6 Å². The van der Waals surface area contributed by atoms with E-state index in [1.165, 1.54) is 31.4 Å². The van der Waals surface area contributed by atoms with Crippen LogP contribution < -0.4 is 10.6 Å². The molecule has 88 valence electrons. The third-order valence-corrected chi connectivity index (χ3v) is 3.56. The molecule has 0 unspecified atom stereocenters. The third-order valence-electron chi connectivity index (χ3n) is 3.07. The molecule has 0 aromatic heterocycles. The van der Waals surface area contributed by atoms with Gasteiger partial charge in [0.15, 0.2) is 0 Å². The van der Waals surface area contributed by atoms with Gasteiger partial charge in [0.25, 0.3) is 0 Å². The minimum absolute atomic E-state index is 0.768. The molecule has 0 spiro atoms. The molecule has 3 heteroatoms. The van der Waals surface area contributed by atoms with Crippen LogP contribution in [0.3, 0.4) is 0 Å². The predicted molar refractivity (Wildman–Crippen MR) is 72.9 cm³/mol. The summed E-state index contributed by atoms with van der Waals surface area (Å²) in [5.41, 5.74) is 1.18. The molecule has 16 heavy (non-hydrogen) atoms. The smallest absolute Gasteiger partial charge is 0.0351 e. The van der Waals surface area contributed by atoms with Gasteiger partial charge in [-0.2, -0.15) is 0 Å². The molecule has 1 aliphatic carbocycles. The third kappa shape index (κ3) is 3.80. The molecule has 2 rings (SSSR count). The number of benzene rings is 1. The number of halogens is 1. The predicted octanol–water partition coefficient (Wildman–Crippen LogP) is 3.39. The first kappa shape index (κ1) is 11.9. The van der Waals surface area contributed by atoms with Crippen LogP contribution in [0, 0.1) is 0 Å². The summed E-state index contributed by atoms with van der Waals surface area (Å²) >= 11 is 3.47. The molecule has 0 saturated heterocycles. The molecule has 1 aromatic rings. The van der Waals surface area contributed by atoms with Gasteiger partial charge in [0.05, 0.1) is 0 Å². The van der Waals surface area contributed by atoms with E-state index in [2.05, 4.69) is 44.8 Å². The van der Waals surface area contributed by atoms with Gasteiger partial charge >= 0.3 is 0 Å². The van der Waals surface area contributed by atoms with Gasteiger partial charge in [-0.25, -0.2) is 0 Å². The molecule has 2 nitrogen and oxygen atoms in total. The van der Waals surface area contributed by atoms with Crippen molar-refractivity contribution < 1.29 is 0 Å². The van der Waals surface area contributed by atoms with Crippen molar-refractivity contribution in [2.24, 2.45) is 0 Å². The van der Waals surface area contributed by atoms with Gasteiger partial charge in [-0.05, 0) is 31.0 Å². The van der Waals surface area contributed by atoms with Crippen LogP contribution in [0.4, 0.5) is 5.69 Å². The maximum Gasteiger partial charge on any atom is 0.0351 e. The van der Waals surface area contributed by atoms with E-state index < -0.39 is 0 Å². The number of anilines is 1. The highest BCUT2D eigenvalue weighted by Crippen LogP contribution is 2.17. The Bertz CT molecular complexity index is 321. The van der Waals surface area contributed by atoms with Crippen molar-refractivity contribution >= 4 is 21.6 Å². The maximum absolute atomic E-state index is 3.59. The summed E-state index contributed by atoms with van der Waals surface area (Å²) < 4.78 is 1.13. The highest BCUT2D eigenvalue weighted by molar-refractivity contribution is 9.10. The summed E-state index contributed by atoms with van der Waals surface area (Å²) in [6, 6.07) is 9.07. The molecule has 1 fully saturated rings. The average Bonchev–Trinajstić information content (AvgIpc) is 2.77. The van der Waals surface area contributed by atoms with Crippen LogP contribution in [0.25, 0.3) is 0 Å². The van der Waals surface area contributed by atoms with Crippen molar-refractivity contribution in [3.8, 4) is 0 Å². The quantitative estimate of drug-likeness (QED) is 0.809. The van der Waals surface area contributed by atoms with Crippen molar-refractivity contribution in [1.82, 2.24) is 5.32 Å². The normalized spacial score (nSPS) is 16.6. The van der Waals surface area contributed by atoms with Crippen LogP contribution in [0.2, 0.25) is 0 Å². The van der Waals surface area contributed by atoms with Gasteiger partial charge in [0.2, 0.25) is 0 Å². The second-order valence-corrected chi connectivity index (χ2v) is 5.29. The second kappa shape index (κ2) is 6.26. The molecule has 0 heterocycles. The van der Waals surface area contributed by atoms with Crippen LogP contribution in [0.5, 0.6) is 0 Å². The first-order valence-electron chi connectivity index (χ1n) is 6.07. The van der Waals surface area contributed by atoms with E-state index in [1.807, 2.05) is 6.07 Å². The Balaban J connectivity index is 1.64. The largest absolute Gasteiger partial charge is 0.384 e. The van der Waals surface area contributed by atoms with E-state index in [0.29, 0.717) is 0 Å². The number of rotatable bonds is 5. The van der Waals surface area contributed by atoms with Crippen molar-refractivity contribution in [3.05, 3.63) is 28.7 Å². The standard InChI is InChI=1S/C13H19BrN2/c14-11-4-3-7-13(10-11)16-9-8-15-12-5-1-2-6-12/h3-4,7,10,12,15-16H,1-2,5-6,8-9H2. The summed E-state index contributed by atoms with van der Waals surface area (Å²) in [5, 5.41) is 7.01. The summed E-state index contributed by atoms with van der Waals surface area (Å²) in [6.45, 7) is 2.05. The zero-order valence-corrected chi connectivity index (χ0v) is 11.1. The molecule has 0 bridgehead atoms. The molecule has 1 saturated carbocycles. The van der Waals surface area contributed by atoms with Crippen LogP contribution >= 0.6 is 15.9 Å². The summed E-state index contributed by atoms with van der Waals surface area (Å²) in [6.07, 6.45) is 5.52. The lowest BCUT2D eigenvalue weighted by Crippen LogP contribution is -2.30. The molecule has 0 aliphatic heterocycles. The molecule has 0 radical (unpaired) electrons.